The fourth-order valence-corrected chi connectivity index (χ4v) is 4.01. The van der Waals surface area contributed by atoms with Gasteiger partial charge in [-0.25, -0.2) is 4.79 Å². The number of benzene rings is 2. The molecule has 26 heavy (non-hydrogen) atoms. The lowest BCUT2D eigenvalue weighted by atomic mass is 9.89. The summed E-state index contributed by atoms with van der Waals surface area (Å²) in [4.78, 5) is 16.2. The highest BCUT2D eigenvalue weighted by atomic mass is 16.4. The molecule has 1 aromatic heterocycles. The standard InChI is InChI=1S/C23H21NO2/c1-3-17-19(4-2)24-20-13-16-7-5-6-8-18(16)22(20)21(17)14-9-11-15(12-10-14)23(25)26/h5-12H,3-4,13H2,1-2H3,(H,25,26). The van der Waals surface area contributed by atoms with E-state index >= 15 is 0 Å². The lowest BCUT2D eigenvalue weighted by Gasteiger charge is -2.18. The normalized spacial score (nSPS) is 11.9. The molecule has 2 aromatic carbocycles. The minimum absolute atomic E-state index is 0.314. The first-order valence-electron chi connectivity index (χ1n) is 9.10. The van der Waals surface area contributed by atoms with E-state index in [1.54, 1.807) is 12.1 Å². The molecule has 3 aromatic rings. The van der Waals surface area contributed by atoms with Gasteiger partial charge in [-0.1, -0.05) is 50.2 Å². The third-order valence-electron chi connectivity index (χ3n) is 5.21. The molecule has 0 bridgehead atoms. The molecule has 1 aliphatic carbocycles. The number of aromatic nitrogens is 1. The van der Waals surface area contributed by atoms with Gasteiger partial charge in [-0.2, -0.15) is 0 Å². The van der Waals surface area contributed by atoms with Gasteiger partial charge in [0.25, 0.3) is 0 Å². The molecular weight excluding hydrogens is 322 g/mol. The summed E-state index contributed by atoms with van der Waals surface area (Å²) in [5.41, 5.74) is 9.94. The van der Waals surface area contributed by atoms with Crippen molar-refractivity contribution in [2.24, 2.45) is 0 Å². The second-order valence-corrected chi connectivity index (χ2v) is 6.66. The molecule has 0 spiro atoms. The summed E-state index contributed by atoms with van der Waals surface area (Å²) in [6.07, 6.45) is 2.66. The summed E-state index contributed by atoms with van der Waals surface area (Å²) < 4.78 is 0. The smallest absolute Gasteiger partial charge is 0.335 e. The van der Waals surface area contributed by atoms with Crippen LogP contribution in [0.15, 0.2) is 48.5 Å². The quantitative estimate of drug-likeness (QED) is 0.558. The first-order chi connectivity index (χ1) is 12.6. The third kappa shape index (κ3) is 2.51. The van der Waals surface area contributed by atoms with Crippen LogP contribution in [-0.4, -0.2) is 16.1 Å². The first-order valence-corrected chi connectivity index (χ1v) is 9.10. The molecule has 4 rings (SSSR count). The van der Waals surface area contributed by atoms with Crippen molar-refractivity contribution in [1.29, 1.82) is 0 Å². The lowest BCUT2D eigenvalue weighted by molar-refractivity contribution is 0.0697. The molecule has 3 heteroatoms. The van der Waals surface area contributed by atoms with E-state index in [9.17, 15) is 9.90 Å². The van der Waals surface area contributed by atoms with Gasteiger partial charge in [0.15, 0.2) is 0 Å². The largest absolute Gasteiger partial charge is 0.478 e. The first kappa shape index (κ1) is 16.5. The van der Waals surface area contributed by atoms with E-state index in [-0.39, 0.29) is 0 Å². The zero-order valence-corrected chi connectivity index (χ0v) is 15.0. The molecule has 0 radical (unpaired) electrons. The maximum absolute atomic E-state index is 11.2. The van der Waals surface area contributed by atoms with Crippen molar-refractivity contribution in [3.8, 4) is 22.3 Å². The Labute approximate surface area is 153 Å². The van der Waals surface area contributed by atoms with Crippen molar-refractivity contribution in [3.63, 3.8) is 0 Å². The predicted molar refractivity (Wildman–Crippen MR) is 104 cm³/mol. The highest BCUT2D eigenvalue weighted by molar-refractivity contribution is 5.93. The highest BCUT2D eigenvalue weighted by Crippen LogP contribution is 2.44. The molecule has 0 aliphatic heterocycles. The number of carboxylic acid groups (broad SMARTS) is 1. The van der Waals surface area contributed by atoms with Crippen LogP contribution < -0.4 is 0 Å². The average molecular weight is 343 g/mol. The topological polar surface area (TPSA) is 50.2 Å². The van der Waals surface area contributed by atoms with Gasteiger partial charge in [-0.3, -0.25) is 4.98 Å². The highest BCUT2D eigenvalue weighted by Gasteiger charge is 2.26. The number of hydrogen-bond acceptors (Lipinski definition) is 2. The van der Waals surface area contributed by atoms with E-state index < -0.39 is 5.97 Å². The summed E-state index contributed by atoms with van der Waals surface area (Å²) in [6.45, 7) is 4.31. The predicted octanol–water partition coefficient (Wildman–Crippen LogP) is 5.14. The van der Waals surface area contributed by atoms with Crippen LogP contribution in [-0.2, 0) is 19.3 Å². The van der Waals surface area contributed by atoms with Crippen LogP contribution in [0.3, 0.4) is 0 Å². The van der Waals surface area contributed by atoms with Gasteiger partial charge in [0.2, 0.25) is 0 Å². The van der Waals surface area contributed by atoms with E-state index in [1.165, 1.54) is 27.8 Å². The summed E-state index contributed by atoms with van der Waals surface area (Å²) in [5, 5.41) is 9.20. The number of hydrogen-bond donors (Lipinski definition) is 1. The van der Waals surface area contributed by atoms with Gasteiger partial charge in [0.05, 0.1) is 11.3 Å². The van der Waals surface area contributed by atoms with Crippen molar-refractivity contribution in [1.82, 2.24) is 4.98 Å². The van der Waals surface area contributed by atoms with Gasteiger partial charge >= 0.3 is 5.97 Å². The SMILES string of the molecule is CCc1nc2c(c(-c3ccc(C(=O)O)cc3)c1CC)-c1ccccc1C2. The molecule has 0 saturated heterocycles. The molecule has 0 fully saturated rings. The van der Waals surface area contributed by atoms with Crippen LogP contribution in [0, 0.1) is 0 Å². The number of rotatable bonds is 4. The third-order valence-corrected chi connectivity index (χ3v) is 5.21. The molecule has 0 saturated carbocycles. The number of carbonyl (C=O) groups is 1. The van der Waals surface area contributed by atoms with Crippen LogP contribution in [0.1, 0.15) is 46.7 Å². The zero-order valence-electron chi connectivity index (χ0n) is 15.0. The maximum Gasteiger partial charge on any atom is 0.335 e. The Hall–Kier alpha value is -2.94. The molecule has 0 amide bonds. The van der Waals surface area contributed by atoms with E-state index in [4.69, 9.17) is 4.98 Å². The minimum atomic E-state index is -0.896. The van der Waals surface area contributed by atoms with Crippen LogP contribution in [0.5, 0.6) is 0 Å². The van der Waals surface area contributed by atoms with Crippen molar-refractivity contribution >= 4 is 5.97 Å². The van der Waals surface area contributed by atoms with Crippen molar-refractivity contribution in [3.05, 3.63) is 76.6 Å². The Balaban J connectivity index is 2.01. The van der Waals surface area contributed by atoms with Gasteiger partial charge in [-0.15, -0.1) is 0 Å². The molecule has 3 nitrogen and oxygen atoms in total. The molecule has 1 heterocycles. The number of fused-ring (bicyclic) bond motifs is 3. The van der Waals surface area contributed by atoms with Crippen molar-refractivity contribution < 1.29 is 9.90 Å². The van der Waals surface area contributed by atoms with Crippen LogP contribution in [0.4, 0.5) is 0 Å². The van der Waals surface area contributed by atoms with Gasteiger partial charge in [-0.05, 0) is 52.8 Å². The van der Waals surface area contributed by atoms with E-state index in [0.29, 0.717) is 5.56 Å². The maximum atomic E-state index is 11.2. The van der Waals surface area contributed by atoms with Crippen molar-refractivity contribution in [2.75, 3.05) is 0 Å². The van der Waals surface area contributed by atoms with E-state index in [2.05, 4.69) is 38.1 Å². The second-order valence-electron chi connectivity index (χ2n) is 6.66. The van der Waals surface area contributed by atoms with Crippen molar-refractivity contribution in [2.45, 2.75) is 33.1 Å². The molecular formula is C23H21NO2. The number of aromatic carboxylic acids is 1. The Kier molecular flexibility index (Phi) is 4.08. The van der Waals surface area contributed by atoms with Gasteiger partial charge in [0, 0.05) is 17.7 Å². The summed E-state index contributed by atoms with van der Waals surface area (Å²) in [7, 11) is 0. The molecule has 1 N–H and O–H groups in total. The average Bonchev–Trinajstić information content (AvgIpc) is 3.04. The number of carboxylic acids is 1. The Morgan fingerprint density at radius 3 is 2.38 bits per heavy atom. The van der Waals surface area contributed by atoms with Gasteiger partial charge in [0.1, 0.15) is 0 Å². The summed E-state index contributed by atoms with van der Waals surface area (Å²) in [6, 6.07) is 15.7. The summed E-state index contributed by atoms with van der Waals surface area (Å²) >= 11 is 0. The van der Waals surface area contributed by atoms with Crippen LogP contribution in [0.25, 0.3) is 22.3 Å². The number of aryl methyl sites for hydroxylation is 1. The molecule has 130 valence electrons. The lowest BCUT2D eigenvalue weighted by Crippen LogP contribution is -2.04. The van der Waals surface area contributed by atoms with Crippen LogP contribution in [0.2, 0.25) is 0 Å². The Morgan fingerprint density at radius 2 is 1.73 bits per heavy atom. The van der Waals surface area contributed by atoms with E-state index in [1.807, 2.05) is 12.1 Å². The monoisotopic (exact) mass is 343 g/mol. The minimum Gasteiger partial charge on any atom is -0.478 e. The van der Waals surface area contributed by atoms with Gasteiger partial charge < -0.3 is 5.11 Å². The zero-order chi connectivity index (χ0) is 18.3. The summed E-state index contributed by atoms with van der Waals surface area (Å²) in [5.74, 6) is -0.896. The van der Waals surface area contributed by atoms with E-state index in [0.717, 1.165) is 36.2 Å². The number of pyridine rings is 1. The Morgan fingerprint density at radius 1 is 1.00 bits per heavy atom. The Bertz CT molecular complexity index is 1000. The molecule has 1 aliphatic rings. The second kappa shape index (κ2) is 6.41. The number of nitrogens with zero attached hydrogens (tertiary/aromatic N) is 1. The molecule has 0 unspecified atom stereocenters. The molecule has 0 atom stereocenters. The van der Waals surface area contributed by atoms with Crippen LogP contribution >= 0.6 is 0 Å². The fourth-order valence-electron chi connectivity index (χ4n) is 4.01. The fraction of sp³-hybridized carbons (Fsp3) is 0.217.